The zero-order chi connectivity index (χ0) is 13.8. The van der Waals surface area contributed by atoms with E-state index in [9.17, 15) is 0 Å². The number of benzene rings is 1. The van der Waals surface area contributed by atoms with Gasteiger partial charge in [0.05, 0.1) is 17.3 Å². The van der Waals surface area contributed by atoms with Gasteiger partial charge in [0.25, 0.3) is 0 Å². The summed E-state index contributed by atoms with van der Waals surface area (Å²) in [5.74, 6) is 1.83. The number of hydrogen-bond acceptors (Lipinski definition) is 3. The summed E-state index contributed by atoms with van der Waals surface area (Å²) in [4.78, 5) is 6.95. The van der Waals surface area contributed by atoms with Crippen molar-refractivity contribution < 1.29 is 0 Å². The highest BCUT2D eigenvalue weighted by Gasteiger charge is 2.27. The summed E-state index contributed by atoms with van der Waals surface area (Å²) >= 11 is 1.82. The predicted octanol–water partition coefficient (Wildman–Crippen LogP) is 3.64. The second-order valence-corrected chi connectivity index (χ2v) is 6.25. The molecule has 100 valence electrons. The van der Waals surface area contributed by atoms with Gasteiger partial charge in [-0.1, -0.05) is 25.6 Å². The number of rotatable bonds is 3. The number of aliphatic imine (C=N–C) groups is 1. The Morgan fingerprint density at radius 3 is 2.68 bits per heavy atom. The van der Waals surface area contributed by atoms with Crippen LogP contribution >= 0.6 is 11.8 Å². The lowest BCUT2D eigenvalue weighted by molar-refractivity contribution is 0.351. The highest BCUT2D eigenvalue weighted by Crippen LogP contribution is 2.28. The number of amidine groups is 1. The monoisotopic (exact) mass is 273 g/mol. The van der Waals surface area contributed by atoms with Gasteiger partial charge in [-0.2, -0.15) is 5.26 Å². The van der Waals surface area contributed by atoms with Crippen LogP contribution in [0.2, 0.25) is 0 Å². The molecular weight excluding hydrogens is 254 g/mol. The van der Waals surface area contributed by atoms with Gasteiger partial charge < -0.3 is 4.90 Å². The molecule has 0 aromatic heterocycles. The van der Waals surface area contributed by atoms with Gasteiger partial charge in [-0.05, 0) is 36.6 Å². The summed E-state index contributed by atoms with van der Waals surface area (Å²) in [5, 5.41) is 9.85. The van der Waals surface area contributed by atoms with Crippen LogP contribution in [0.25, 0.3) is 0 Å². The van der Waals surface area contributed by atoms with E-state index in [1.165, 1.54) is 6.42 Å². The van der Waals surface area contributed by atoms with Crippen molar-refractivity contribution in [3.63, 3.8) is 0 Å². The van der Waals surface area contributed by atoms with Gasteiger partial charge in [-0.15, -0.1) is 0 Å². The molecule has 0 aliphatic carbocycles. The van der Waals surface area contributed by atoms with Gasteiger partial charge in [0.2, 0.25) is 0 Å². The number of nitrogens with zero attached hydrogens (tertiary/aromatic N) is 3. The molecule has 19 heavy (non-hydrogen) atoms. The quantitative estimate of drug-likeness (QED) is 0.844. The average molecular weight is 273 g/mol. The fourth-order valence-corrected chi connectivity index (χ4v) is 3.37. The maximum Gasteiger partial charge on any atom is 0.164 e. The largest absolute Gasteiger partial charge is 0.350 e. The zero-order valence-electron chi connectivity index (χ0n) is 11.6. The van der Waals surface area contributed by atoms with Crippen LogP contribution in [-0.4, -0.2) is 28.9 Å². The van der Waals surface area contributed by atoms with Crippen molar-refractivity contribution in [3.05, 3.63) is 29.8 Å². The molecular formula is C15H19N3S. The van der Waals surface area contributed by atoms with Crippen molar-refractivity contribution in [2.24, 2.45) is 10.9 Å². The Bertz CT molecular complexity index is 499. The topological polar surface area (TPSA) is 39.4 Å². The molecule has 0 bridgehead atoms. The summed E-state index contributed by atoms with van der Waals surface area (Å²) in [5.41, 5.74) is 1.59. The Hall–Kier alpha value is -1.47. The van der Waals surface area contributed by atoms with E-state index in [2.05, 4.69) is 36.9 Å². The molecule has 1 aromatic carbocycles. The van der Waals surface area contributed by atoms with Crippen LogP contribution in [0.15, 0.2) is 29.3 Å². The summed E-state index contributed by atoms with van der Waals surface area (Å²) in [6, 6.07) is 10.1. The molecule has 1 fully saturated rings. The molecule has 1 unspecified atom stereocenters. The molecule has 2 rings (SSSR count). The SMILES string of the molecule is CC(C)CC1CSC(=Nc2ccc(C#N)cc2)N1C. The first kappa shape index (κ1) is 14.0. The van der Waals surface area contributed by atoms with Gasteiger partial charge in [-0.25, -0.2) is 4.99 Å². The zero-order valence-corrected chi connectivity index (χ0v) is 12.4. The third-order valence-corrected chi connectivity index (χ3v) is 4.41. The van der Waals surface area contributed by atoms with Crippen LogP contribution in [-0.2, 0) is 0 Å². The highest BCUT2D eigenvalue weighted by atomic mass is 32.2. The molecule has 1 heterocycles. The van der Waals surface area contributed by atoms with E-state index in [4.69, 9.17) is 5.26 Å². The molecule has 0 spiro atoms. The number of thioether (sulfide) groups is 1. The van der Waals surface area contributed by atoms with E-state index in [0.29, 0.717) is 17.5 Å². The second kappa shape index (κ2) is 6.12. The van der Waals surface area contributed by atoms with Crippen molar-refractivity contribution >= 4 is 22.6 Å². The first-order valence-electron chi connectivity index (χ1n) is 6.54. The maximum absolute atomic E-state index is 8.78. The summed E-state index contributed by atoms with van der Waals surface area (Å²) in [6.07, 6.45) is 1.20. The summed E-state index contributed by atoms with van der Waals surface area (Å²) in [6.45, 7) is 4.52. The van der Waals surface area contributed by atoms with E-state index in [1.807, 2.05) is 36.0 Å². The van der Waals surface area contributed by atoms with E-state index < -0.39 is 0 Å². The average Bonchev–Trinajstić information content (AvgIpc) is 2.72. The molecule has 0 N–H and O–H groups in total. The second-order valence-electron chi connectivity index (χ2n) is 5.26. The first-order valence-corrected chi connectivity index (χ1v) is 7.53. The predicted molar refractivity (Wildman–Crippen MR) is 81.7 cm³/mol. The Balaban J connectivity index is 2.09. The molecule has 0 amide bonds. The minimum absolute atomic E-state index is 0.585. The van der Waals surface area contributed by atoms with E-state index >= 15 is 0 Å². The van der Waals surface area contributed by atoms with Gasteiger partial charge in [-0.3, -0.25) is 0 Å². The molecule has 1 aromatic rings. The molecule has 4 heteroatoms. The van der Waals surface area contributed by atoms with Gasteiger partial charge in [0, 0.05) is 18.8 Å². The lowest BCUT2D eigenvalue weighted by Gasteiger charge is -2.22. The van der Waals surface area contributed by atoms with Crippen LogP contribution in [0.1, 0.15) is 25.8 Å². The van der Waals surface area contributed by atoms with Crippen molar-refractivity contribution in [1.82, 2.24) is 4.90 Å². The Morgan fingerprint density at radius 1 is 1.42 bits per heavy atom. The van der Waals surface area contributed by atoms with Crippen molar-refractivity contribution in [1.29, 1.82) is 5.26 Å². The minimum Gasteiger partial charge on any atom is -0.350 e. The van der Waals surface area contributed by atoms with Gasteiger partial charge in [0.1, 0.15) is 0 Å². The van der Waals surface area contributed by atoms with Crippen LogP contribution in [0.5, 0.6) is 0 Å². The molecule has 3 nitrogen and oxygen atoms in total. The number of nitriles is 1. The van der Waals surface area contributed by atoms with Crippen LogP contribution in [0.3, 0.4) is 0 Å². The Morgan fingerprint density at radius 2 is 2.11 bits per heavy atom. The lowest BCUT2D eigenvalue weighted by atomic mass is 10.0. The molecule has 0 radical (unpaired) electrons. The van der Waals surface area contributed by atoms with E-state index in [0.717, 1.165) is 16.6 Å². The Labute approximate surface area is 119 Å². The van der Waals surface area contributed by atoms with E-state index in [-0.39, 0.29) is 0 Å². The molecule has 1 aliphatic heterocycles. The first-order chi connectivity index (χ1) is 9.10. The third kappa shape index (κ3) is 3.51. The smallest absolute Gasteiger partial charge is 0.164 e. The summed E-state index contributed by atoms with van der Waals surface area (Å²) in [7, 11) is 2.12. The van der Waals surface area contributed by atoms with Crippen molar-refractivity contribution in [2.45, 2.75) is 26.3 Å². The lowest BCUT2D eigenvalue weighted by Crippen LogP contribution is -2.30. The van der Waals surface area contributed by atoms with Crippen molar-refractivity contribution in [2.75, 3.05) is 12.8 Å². The molecule has 1 atom stereocenters. The van der Waals surface area contributed by atoms with Gasteiger partial charge in [0.15, 0.2) is 5.17 Å². The fourth-order valence-electron chi connectivity index (χ4n) is 2.14. The fraction of sp³-hybridized carbons (Fsp3) is 0.467. The highest BCUT2D eigenvalue weighted by molar-refractivity contribution is 8.14. The van der Waals surface area contributed by atoms with Crippen molar-refractivity contribution in [3.8, 4) is 6.07 Å². The molecule has 1 aliphatic rings. The maximum atomic E-state index is 8.78. The summed E-state index contributed by atoms with van der Waals surface area (Å²) < 4.78 is 0. The van der Waals surface area contributed by atoms with Crippen LogP contribution < -0.4 is 0 Å². The molecule has 1 saturated heterocycles. The van der Waals surface area contributed by atoms with E-state index in [1.54, 1.807) is 0 Å². The normalized spacial score (nSPS) is 21.1. The number of hydrogen-bond donors (Lipinski definition) is 0. The van der Waals surface area contributed by atoms with Crippen LogP contribution in [0.4, 0.5) is 5.69 Å². The Kier molecular flexibility index (Phi) is 4.49. The third-order valence-electron chi connectivity index (χ3n) is 3.22. The minimum atomic E-state index is 0.585. The van der Waals surface area contributed by atoms with Gasteiger partial charge >= 0.3 is 0 Å². The molecule has 0 saturated carbocycles. The van der Waals surface area contributed by atoms with Crippen LogP contribution in [0, 0.1) is 17.2 Å². The standard InChI is InChI=1S/C15H19N3S/c1-11(2)8-14-10-19-15(18(14)3)17-13-6-4-12(9-16)5-7-13/h4-7,11,14H,8,10H2,1-3H3.